The zero-order valence-corrected chi connectivity index (χ0v) is 16.4. The van der Waals surface area contributed by atoms with Gasteiger partial charge in [0.05, 0.1) is 19.8 Å². The van der Waals surface area contributed by atoms with E-state index in [1.165, 1.54) is 26.4 Å². The minimum Gasteiger partial charge on any atom is -0.497 e. The molecule has 1 heterocycles. The quantitative estimate of drug-likeness (QED) is 0.344. The van der Waals surface area contributed by atoms with E-state index in [9.17, 15) is 26.4 Å². The Kier molecular flexibility index (Phi) is 4.28. The van der Waals surface area contributed by atoms with Crippen LogP contribution < -0.4 is 13.7 Å². The summed E-state index contributed by atoms with van der Waals surface area (Å²) in [6, 6.07) is 7.35. The fraction of sp³-hybridized carbons (Fsp3) is 0.167. The van der Waals surface area contributed by atoms with Crippen molar-refractivity contribution in [3.05, 3.63) is 41.5 Å². The Balaban J connectivity index is 1.98. The number of fused-ring (bicyclic) bond motifs is 5. The number of benzene rings is 2. The number of carbonyl (C=O) groups excluding carboxylic acids is 1. The number of hydrogen-bond donors (Lipinski definition) is 0. The predicted molar refractivity (Wildman–Crippen MR) is 99.4 cm³/mol. The first kappa shape index (κ1) is 19.5. The Morgan fingerprint density at radius 2 is 1.66 bits per heavy atom. The third-order valence-corrected chi connectivity index (χ3v) is 6.53. The van der Waals surface area contributed by atoms with Crippen molar-refractivity contribution in [1.29, 1.82) is 0 Å². The van der Waals surface area contributed by atoms with E-state index in [0.717, 1.165) is 17.4 Å². The molecule has 2 aromatic carbocycles. The average molecular weight is 444 g/mol. The topological polar surface area (TPSA) is 78.9 Å². The molecule has 152 valence electrons. The molecule has 11 heteroatoms. The lowest BCUT2D eigenvalue weighted by atomic mass is 10.1. The Hall–Kier alpha value is -2.79. The molecule has 0 N–H and O–H groups in total. The molecule has 6 nitrogen and oxygen atoms in total. The lowest BCUT2D eigenvalue weighted by Gasteiger charge is -2.12. The van der Waals surface area contributed by atoms with Crippen LogP contribution in [-0.4, -0.2) is 33.9 Å². The second-order valence-electron chi connectivity index (χ2n) is 6.03. The van der Waals surface area contributed by atoms with Crippen molar-refractivity contribution < 1.29 is 40.0 Å². The van der Waals surface area contributed by atoms with Crippen LogP contribution >= 0.6 is 11.3 Å². The number of carbonyl (C=O) groups is 1. The average Bonchev–Trinajstić information content (AvgIpc) is 3.16. The monoisotopic (exact) mass is 444 g/mol. The summed E-state index contributed by atoms with van der Waals surface area (Å²) >= 11 is 1.13. The highest BCUT2D eigenvalue weighted by Gasteiger charge is 2.49. The summed E-state index contributed by atoms with van der Waals surface area (Å²) in [4.78, 5) is 13.5. The van der Waals surface area contributed by atoms with Crippen LogP contribution in [0, 0.1) is 0 Å². The molecule has 0 saturated heterocycles. The summed E-state index contributed by atoms with van der Waals surface area (Å²) in [5, 5.41) is -0.0150. The lowest BCUT2D eigenvalue weighted by molar-refractivity contribution is -0.0499. The SMILES string of the molecule is COc1ccc2c(c1)C(=O)c1c-2sc2cc(OC)cc(OS(=O)(=O)C(F)(F)F)c12. The van der Waals surface area contributed by atoms with Crippen LogP contribution in [0.2, 0.25) is 0 Å². The molecule has 0 unspecified atom stereocenters. The molecule has 4 rings (SSSR count). The molecule has 0 amide bonds. The van der Waals surface area contributed by atoms with Crippen LogP contribution in [0.25, 0.3) is 20.5 Å². The van der Waals surface area contributed by atoms with Crippen molar-refractivity contribution in [3.63, 3.8) is 0 Å². The Bertz CT molecular complexity index is 1270. The normalized spacial score (nSPS) is 13.3. The van der Waals surface area contributed by atoms with Crippen LogP contribution in [-0.2, 0) is 10.1 Å². The number of thiophene rings is 1. The van der Waals surface area contributed by atoms with Gasteiger partial charge in [0, 0.05) is 32.2 Å². The minimum absolute atomic E-state index is 0.0150. The van der Waals surface area contributed by atoms with Crippen LogP contribution in [0.15, 0.2) is 30.3 Å². The van der Waals surface area contributed by atoms with E-state index in [2.05, 4.69) is 4.18 Å². The summed E-state index contributed by atoms with van der Waals surface area (Å²) in [5.41, 5.74) is -4.64. The van der Waals surface area contributed by atoms with Crippen molar-refractivity contribution in [2.75, 3.05) is 14.2 Å². The highest BCUT2D eigenvalue weighted by molar-refractivity contribution is 7.88. The van der Waals surface area contributed by atoms with E-state index in [4.69, 9.17) is 9.47 Å². The number of methoxy groups -OCH3 is 2. The van der Waals surface area contributed by atoms with Crippen molar-refractivity contribution in [2.24, 2.45) is 0 Å². The highest BCUT2D eigenvalue weighted by Crippen LogP contribution is 2.51. The molecule has 3 aromatic rings. The zero-order chi connectivity index (χ0) is 21.1. The number of alkyl halides is 3. The zero-order valence-electron chi connectivity index (χ0n) is 14.8. The van der Waals surface area contributed by atoms with E-state index in [-0.39, 0.29) is 16.7 Å². The van der Waals surface area contributed by atoms with Crippen molar-refractivity contribution in [1.82, 2.24) is 0 Å². The Morgan fingerprint density at radius 1 is 0.966 bits per heavy atom. The van der Waals surface area contributed by atoms with Gasteiger partial charge in [-0.2, -0.15) is 21.6 Å². The summed E-state index contributed by atoms with van der Waals surface area (Å²) in [5.74, 6) is -0.552. The Morgan fingerprint density at radius 3 is 2.28 bits per heavy atom. The number of hydrogen-bond acceptors (Lipinski definition) is 7. The smallest absolute Gasteiger partial charge is 0.497 e. The third-order valence-electron chi connectivity index (χ3n) is 4.39. The molecule has 1 aliphatic carbocycles. The molecule has 0 spiro atoms. The third kappa shape index (κ3) is 2.92. The molecule has 1 aromatic heterocycles. The van der Waals surface area contributed by atoms with Gasteiger partial charge in [0.1, 0.15) is 11.5 Å². The van der Waals surface area contributed by atoms with Gasteiger partial charge in [-0.25, -0.2) is 0 Å². The van der Waals surface area contributed by atoms with Crippen LogP contribution in [0.4, 0.5) is 13.2 Å². The summed E-state index contributed by atoms with van der Waals surface area (Å²) in [7, 11) is -3.23. The fourth-order valence-corrected chi connectivity index (χ4v) is 4.84. The van der Waals surface area contributed by atoms with Gasteiger partial charge < -0.3 is 13.7 Å². The number of halogens is 3. The van der Waals surface area contributed by atoms with Gasteiger partial charge in [0.25, 0.3) is 0 Å². The predicted octanol–water partition coefficient (Wildman–Crippen LogP) is 4.36. The van der Waals surface area contributed by atoms with Crippen molar-refractivity contribution in [3.8, 4) is 27.7 Å². The maximum Gasteiger partial charge on any atom is 0.534 e. The van der Waals surface area contributed by atoms with Gasteiger partial charge in [-0.3, -0.25) is 4.79 Å². The molecule has 0 radical (unpaired) electrons. The lowest BCUT2D eigenvalue weighted by Crippen LogP contribution is -2.28. The van der Waals surface area contributed by atoms with E-state index in [1.807, 2.05) is 0 Å². The molecule has 0 bridgehead atoms. The van der Waals surface area contributed by atoms with E-state index in [0.29, 0.717) is 26.5 Å². The molecule has 0 fully saturated rings. The molecule has 0 aliphatic heterocycles. The largest absolute Gasteiger partial charge is 0.534 e. The maximum absolute atomic E-state index is 13.0. The first-order valence-electron chi connectivity index (χ1n) is 7.96. The van der Waals surface area contributed by atoms with E-state index >= 15 is 0 Å². The Labute approximate surface area is 166 Å². The molecule has 29 heavy (non-hydrogen) atoms. The second-order valence-corrected chi connectivity index (χ2v) is 8.62. The first-order chi connectivity index (χ1) is 13.6. The molecule has 0 atom stereocenters. The van der Waals surface area contributed by atoms with E-state index in [1.54, 1.807) is 12.1 Å². The summed E-state index contributed by atoms with van der Waals surface area (Å²) in [6.07, 6.45) is 0. The standard InChI is InChI=1S/C18H11F3O6S2/c1-25-8-3-4-10-11(5-8)16(22)15-14-12(27-29(23,24)18(19,20)21)6-9(26-2)7-13(14)28-17(10)15/h3-7H,1-2H3. The second kappa shape index (κ2) is 6.36. The van der Waals surface area contributed by atoms with Crippen molar-refractivity contribution >= 4 is 37.3 Å². The van der Waals surface area contributed by atoms with Crippen molar-refractivity contribution in [2.45, 2.75) is 5.51 Å². The highest BCUT2D eigenvalue weighted by atomic mass is 32.2. The maximum atomic E-state index is 13.0. The van der Waals surface area contributed by atoms with Crippen LogP contribution in [0.3, 0.4) is 0 Å². The molecule has 0 saturated carbocycles. The number of ketones is 1. The van der Waals surface area contributed by atoms with E-state index < -0.39 is 27.2 Å². The van der Waals surface area contributed by atoms with Gasteiger partial charge in [0.15, 0.2) is 11.5 Å². The van der Waals surface area contributed by atoms with Gasteiger partial charge in [-0.1, -0.05) is 0 Å². The van der Waals surface area contributed by atoms with Crippen LogP contribution in [0.5, 0.6) is 17.2 Å². The summed E-state index contributed by atoms with van der Waals surface area (Å²) < 4.78 is 76.6. The van der Waals surface area contributed by atoms with Gasteiger partial charge in [-0.05, 0) is 24.3 Å². The number of rotatable bonds is 4. The van der Waals surface area contributed by atoms with Gasteiger partial charge >= 0.3 is 15.6 Å². The molecule has 1 aliphatic rings. The molecular formula is C18H11F3O6S2. The van der Waals surface area contributed by atoms with Crippen LogP contribution in [0.1, 0.15) is 15.9 Å². The minimum atomic E-state index is -5.94. The van der Waals surface area contributed by atoms with Gasteiger partial charge in [-0.15, -0.1) is 11.3 Å². The van der Waals surface area contributed by atoms with Gasteiger partial charge in [0.2, 0.25) is 0 Å². The first-order valence-corrected chi connectivity index (χ1v) is 10.2. The number of ether oxygens (including phenoxy) is 2. The fourth-order valence-electron chi connectivity index (χ4n) is 3.09. The summed E-state index contributed by atoms with van der Waals surface area (Å²) in [6.45, 7) is 0. The molecular weight excluding hydrogens is 433 g/mol.